The third-order valence-corrected chi connectivity index (χ3v) is 6.11. The van der Waals surface area contributed by atoms with E-state index in [0.717, 1.165) is 54.3 Å². The van der Waals surface area contributed by atoms with Crippen LogP contribution in [0, 0.1) is 12.8 Å². The Labute approximate surface area is 193 Å². The van der Waals surface area contributed by atoms with Crippen LogP contribution < -0.4 is 10.1 Å². The summed E-state index contributed by atoms with van der Waals surface area (Å²) in [5, 5.41) is 3.76. The van der Waals surface area contributed by atoms with Gasteiger partial charge in [0.15, 0.2) is 0 Å². The van der Waals surface area contributed by atoms with E-state index in [4.69, 9.17) is 25.7 Å². The van der Waals surface area contributed by atoms with Crippen molar-refractivity contribution in [3.05, 3.63) is 70.6 Å². The molecule has 3 aromatic rings. The number of piperidine rings is 1. The SMILES string of the molecule is COc1ccc(-c2nc(CN3CCCC(C(=O)NCc4ccc(Cl)cc4)C3)c(C)o2)cc1. The predicted octanol–water partition coefficient (Wildman–Crippen LogP) is 4.84. The van der Waals surface area contributed by atoms with Crippen LogP contribution in [-0.2, 0) is 17.9 Å². The molecule has 168 valence electrons. The number of halogens is 1. The summed E-state index contributed by atoms with van der Waals surface area (Å²) < 4.78 is 11.1. The number of aromatic nitrogens is 1. The number of carbonyl (C=O) groups is 1. The smallest absolute Gasteiger partial charge is 0.226 e. The van der Waals surface area contributed by atoms with E-state index in [1.807, 2.05) is 55.5 Å². The Morgan fingerprint density at radius 2 is 1.97 bits per heavy atom. The van der Waals surface area contributed by atoms with Crippen LogP contribution in [0.5, 0.6) is 5.75 Å². The van der Waals surface area contributed by atoms with Gasteiger partial charge in [0.05, 0.1) is 18.7 Å². The quantitative estimate of drug-likeness (QED) is 0.554. The van der Waals surface area contributed by atoms with Gasteiger partial charge in [0.1, 0.15) is 11.5 Å². The molecule has 1 amide bonds. The molecule has 1 aliphatic rings. The number of methoxy groups -OCH3 is 1. The van der Waals surface area contributed by atoms with Crippen LogP contribution in [-0.4, -0.2) is 36.0 Å². The topological polar surface area (TPSA) is 67.6 Å². The number of hydrogen-bond donors (Lipinski definition) is 1. The van der Waals surface area contributed by atoms with Crippen molar-refractivity contribution in [1.82, 2.24) is 15.2 Å². The van der Waals surface area contributed by atoms with Gasteiger partial charge in [-0.1, -0.05) is 23.7 Å². The van der Waals surface area contributed by atoms with Crippen LogP contribution in [0.25, 0.3) is 11.5 Å². The first-order valence-corrected chi connectivity index (χ1v) is 11.2. The van der Waals surface area contributed by atoms with Crippen LogP contribution in [0.3, 0.4) is 0 Å². The van der Waals surface area contributed by atoms with Gasteiger partial charge < -0.3 is 14.5 Å². The fraction of sp³-hybridized carbons (Fsp3) is 0.360. The van der Waals surface area contributed by atoms with Crippen molar-refractivity contribution in [3.63, 3.8) is 0 Å². The lowest BCUT2D eigenvalue weighted by Crippen LogP contribution is -2.42. The first kappa shape index (κ1) is 22.4. The Morgan fingerprint density at radius 1 is 1.22 bits per heavy atom. The van der Waals surface area contributed by atoms with Crippen molar-refractivity contribution < 1.29 is 13.9 Å². The number of oxazole rings is 1. The molecule has 32 heavy (non-hydrogen) atoms. The summed E-state index contributed by atoms with van der Waals surface area (Å²) in [6, 6.07) is 15.2. The van der Waals surface area contributed by atoms with Crippen molar-refractivity contribution in [1.29, 1.82) is 0 Å². The number of carbonyl (C=O) groups excluding carboxylic acids is 1. The summed E-state index contributed by atoms with van der Waals surface area (Å²) in [5.74, 6) is 2.29. The van der Waals surface area contributed by atoms with Gasteiger partial charge in [-0.25, -0.2) is 4.98 Å². The maximum atomic E-state index is 12.7. The molecular weight excluding hydrogens is 426 g/mol. The van der Waals surface area contributed by atoms with Crippen LogP contribution in [0.2, 0.25) is 5.02 Å². The molecule has 1 atom stereocenters. The molecule has 6 nitrogen and oxygen atoms in total. The van der Waals surface area contributed by atoms with Crippen LogP contribution in [0.4, 0.5) is 0 Å². The number of nitrogens with one attached hydrogen (secondary N) is 1. The highest BCUT2D eigenvalue weighted by Crippen LogP contribution is 2.26. The van der Waals surface area contributed by atoms with Gasteiger partial charge in [-0.15, -0.1) is 0 Å². The molecule has 1 N–H and O–H groups in total. The highest BCUT2D eigenvalue weighted by atomic mass is 35.5. The minimum absolute atomic E-state index is 0.0238. The van der Waals surface area contributed by atoms with E-state index in [-0.39, 0.29) is 11.8 Å². The third kappa shape index (κ3) is 5.50. The molecule has 4 rings (SSSR count). The van der Waals surface area contributed by atoms with Crippen molar-refractivity contribution in [3.8, 4) is 17.2 Å². The molecule has 0 saturated carbocycles. The summed E-state index contributed by atoms with van der Waals surface area (Å²) >= 11 is 5.93. The lowest BCUT2D eigenvalue weighted by atomic mass is 9.97. The molecule has 1 fully saturated rings. The second-order valence-corrected chi connectivity index (χ2v) is 8.61. The normalized spacial score (nSPS) is 16.7. The molecule has 1 saturated heterocycles. The molecule has 2 heterocycles. The molecule has 2 aromatic carbocycles. The lowest BCUT2D eigenvalue weighted by molar-refractivity contribution is -0.127. The van der Waals surface area contributed by atoms with E-state index in [2.05, 4.69) is 10.2 Å². The van der Waals surface area contributed by atoms with Gasteiger partial charge in [-0.2, -0.15) is 0 Å². The van der Waals surface area contributed by atoms with Gasteiger partial charge in [-0.05, 0) is 68.3 Å². The zero-order chi connectivity index (χ0) is 22.5. The van der Waals surface area contributed by atoms with Gasteiger partial charge in [0.2, 0.25) is 11.8 Å². The number of rotatable bonds is 7. The number of ether oxygens (including phenoxy) is 1. The number of hydrogen-bond acceptors (Lipinski definition) is 5. The van der Waals surface area contributed by atoms with Gasteiger partial charge >= 0.3 is 0 Å². The number of likely N-dealkylation sites (tertiary alicyclic amines) is 1. The third-order valence-electron chi connectivity index (χ3n) is 5.86. The van der Waals surface area contributed by atoms with E-state index >= 15 is 0 Å². The van der Waals surface area contributed by atoms with Crippen molar-refractivity contribution in [2.45, 2.75) is 32.9 Å². The fourth-order valence-corrected chi connectivity index (χ4v) is 4.12. The molecule has 1 unspecified atom stereocenters. The van der Waals surface area contributed by atoms with E-state index in [9.17, 15) is 4.79 Å². The summed E-state index contributed by atoms with van der Waals surface area (Å²) in [4.78, 5) is 19.7. The largest absolute Gasteiger partial charge is 0.497 e. The zero-order valence-electron chi connectivity index (χ0n) is 18.4. The van der Waals surface area contributed by atoms with Crippen LogP contribution in [0.15, 0.2) is 52.9 Å². The van der Waals surface area contributed by atoms with Crippen LogP contribution in [0.1, 0.15) is 29.9 Å². The Hall–Kier alpha value is -2.83. The number of nitrogens with zero attached hydrogens (tertiary/aromatic N) is 2. The Bertz CT molecular complexity index is 1050. The number of amides is 1. The van der Waals surface area contributed by atoms with Gasteiger partial charge in [0, 0.05) is 30.2 Å². The van der Waals surface area contributed by atoms with E-state index < -0.39 is 0 Å². The zero-order valence-corrected chi connectivity index (χ0v) is 19.2. The average Bonchev–Trinajstić information content (AvgIpc) is 3.18. The second kappa shape index (κ2) is 10.2. The lowest BCUT2D eigenvalue weighted by Gasteiger charge is -2.31. The summed E-state index contributed by atoms with van der Waals surface area (Å²) in [6.45, 7) is 4.80. The van der Waals surface area contributed by atoms with Crippen molar-refractivity contribution in [2.75, 3.05) is 20.2 Å². The fourth-order valence-electron chi connectivity index (χ4n) is 3.99. The minimum Gasteiger partial charge on any atom is -0.497 e. The Kier molecular flexibility index (Phi) is 7.12. The predicted molar refractivity (Wildman–Crippen MR) is 125 cm³/mol. The molecule has 1 aromatic heterocycles. The van der Waals surface area contributed by atoms with Crippen molar-refractivity contribution >= 4 is 17.5 Å². The summed E-state index contributed by atoms with van der Waals surface area (Å²) in [6.07, 6.45) is 1.89. The maximum Gasteiger partial charge on any atom is 0.226 e. The Morgan fingerprint density at radius 3 is 2.69 bits per heavy atom. The van der Waals surface area contributed by atoms with E-state index in [1.54, 1.807) is 7.11 Å². The molecule has 0 spiro atoms. The van der Waals surface area contributed by atoms with Gasteiger partial charge in [-0.3, -0.25) is 9.69 Å². The monoisotopic (exact) mass is 453 g/mol. The minimum atomic E-state index is -0.0238. The molecule has 7 heteroatoms. The van der Waals surface area contributed by atoms with Gasteiger partial charge in [0.25, 0.3) is 0 Å². The molecule has 1 aliphatic heterocycles. The van der Waals surface area contributed by atoms with Crippen molar-refractivity contribution in [2.24, 2.45) is 5.92 Å². The molecule has 0 bridgehead atoms. The summed E-state index contributed by atoms with van der Waals surface area (Å²) in [7, 11) is 1.65. The first-order chi connectivity index (χ1) is 15.5. The molecule has 0 aliphatic carbocycles. The first-order valence-electron chi connectivity index (χ1n) is 10.9. The standard InChI is InChI=1S/C25H28ClN3O3/c1-17-23(28-25(32-17)19-7-11-22(31-2)12-8-19)16-29-13-3-4-20(15-29)24(30)27-14-18-5-9-21(26)10-6-18/h5-12,20H,3-4,13-16H2,1-2H3,(H,27,30). The number of benzene rings is 2. The average molecular weight is 454 g/mol. The second-order valence-electron chi connectivity index (χ2n) is 8.17. The molecular formula is C25H28ClN3O3. The van der Waals surface area contributed by atoms with Crippen LogP contribution >= 0.6 is 11.6 Å². The highest BCUT2D eigenvalue weighted by molar-refractivity contribution is 6.30. The number of aryl methyl sites for hydroxylation is 1. The van der Waals surface area contributed by atoms with E-state index in [1.165, 1.54) is 0 Å². The maximum absolute atomic E-state index is 12.7. The van der Waals surface area contributed by atoms with E-state index in [0.29, 0.717) is 24.0 Å². The highest BCUT2D eigenvalue weighted by Gasteiger charge is 2.27. The Balaban J connectivity index is 1.34. The summed E-state index contributed by atoms with van der Waals surface area (Å²) in [5.41, 5.74) is 2.87. The molecule has 0 radical (unpaired) electrons.